The van der Waals surface area contributed by atoms with Crippen LogP contribution in [0.2, 0.25) is 0 Å². The van der Waals surface area contributed by atoms with Crippen molar-refractivity contribution in [2.75, 3.05) is 0 Å². The number of rotatable bonds is 0. The highest BCUT2D eigenvalue weighted by molar-refractivity contribution is 6.14. The molecule has 2 rings (SSSR count). The van der Waals surface area contributed by atoms with Gasteiger partial charge in [0, 0.05) is 11.9 Å². The normalized spacial score (nSPS) is 15.8. The highest BCUT2D eigenvalue weighted by Gasteiger charge is 2.20. The van der Waals surface area contributed by atoms with Gasteiger partial charge in [0.05, 0.1) is 12.1 Å². The van der Waals surface area contributed by atoms with E-state index in [0.717, 1.165) is 17.0 Å². The Morgan fingerprint density at radius 1 is 1.50 bits per heavy atom. The molecule has 62 valence electrons. The first-order chi connectivity index (χ1) is 5.68. The van der Waals surface area contributed by atoms with Gasteiger partial charge < -0.3 is 4.98 Å². The Hall–Kier alpha value is -1.38. The number of aromatic amines is 1. The molecule has 12 heavy (non-hydrogen) atoms. The second kappa shape index (κ2) is 2.30. The molecule has 0 saturated carbocycles. The largest absolute Gasteiger partial charge is 0.357 e. The van der Waals surface area contributed by atoms with Crippen molar-refractivity contribution in [1.29, 1.82) is 0 Å². The van der Waals surface area contributed by atoms with Crippen LogP contribution in [-0.4, -0.2) is 16.5 Å². The predicted molar refractivity (Wildman–Crippen MR) is 47.2 cm³/mol. The van der Waals surface area contributed by atoms with Gasteiger partial charge in [-0.3, -0.25) is 9.79 Å². The summed E-state index contributed by atoms with van der Waals surface area (Å²) in [5.41, 5.74) is 3.43. The summed E-state index contributed by atoms with van der Waals surface area (Å²) in [6.45, 7) is 3.83. The van der Waals surface area contributed by atoms with E-state index in [1.807, 2.05) is 20.0 Å². The summed E-state index contributed by atoms with van der Waals surface area (Å²) >= 11 is 0. The molecule has 0 bridgehead atoms. The molecule has 1 aromatic rings. The maximum Gasteiger partial charge on any atom is 0.186 e. The van der Waals surface area contributed by atoms with E-state index in [4.69, 9.17) is 0 Å². The second-order valence-corrected chi connectivity index (χ2v) is 3.14. The molecule has 3 nitrogen and oxygen atoms in total. The van der Waals surface area contributed by atoms with Crippen molar-refractivity contribution in [2.45, 2.75) is 20.3 Å². The van der Waals surface area contributed by atoms with Crippen LogP contribution in [0.25, 0.3) is 0 Å². The first-order valence-corrected chi connectivity index (χ1v) is 3.94. The maximum absolute atomic E-state index is 11.4. The molecule has 1 aromatic heterocycles. The fourth-order valence-corrected chi connectivity index (χ4v) is 1.42. The zero-order valence-electron chi connectivity index (χ0n) is 7.14. The summed E-state index contributed by atoms with van der Waals surface area (Å²) < 4.78 is 0. The van der Waals surface area contributed by atoms with Gasteiger partial charge in [-0.25, -0.2) is 0 Å². The minimum Gasteiger partial charge on any atom is -0.357 e. The summed E-state index contributed by atoms with van der Waals surface area (Å²) in [6.07, 6.45) is 2.28. The summed E-state index contributed by atoms with van der Waals surface area (Å²) in [7, 11) is 0. The molecule has 2 heterocycles. The minimum atomic E-state index is 0.144. The number of carbonyl (C=O) groups is 1. The lowest BCUT2D eigenvalue weighted by Gasteiger charge is -2.07. The zero-order chi connectivity index (χ0) is 8.72. The van der Waals surface area contributed by atoms with Gasteiger partial charge in [-0.15, -0.1) is 0 Å². The van der Waals surface area contributed by atoms with Crippen molar-refractivity contribution in [2.24, 2.45) is 4.99 Å². The SMILES string of the molecule is CC1=Nc2c(C)c[nH]c2C(=O)C1. The first kappa shape index (κ1) is 7.28. The number of Topliss-reactive ketones (excluding diaryl/α,β-unsaturated/α-hetero) is 1. The van der Waals surface area contributed by atoms with Crippen LogP contribution in [0.15, 0.2) is 11.2 Å². The van der Waals surface area contributed by atoms with Gasteiger partial charge in [0.1, 0.15) is 5.69 Å². The molecule has 0 radical (unpaired) electrons. The molecule has 0 unspecified atom stereocenters. The van der Waals surface area contributed by atoms with Crippen molar-refractivity contribution in [3.05, 3.63) is 17.5 Å². The van der Waals surface area contributed by atoms with Crippen LogP contribution in [0.4, 0.5) is 5.69 Å². The Morgan fingerprint density at radius 3 is 3.00 bits per heavy atom. The third kappa shape index (κ3) is 0.897. The fraction of sp³-hybridized carbons (Fsp3) is 0.333. The van der Waals surface area contributed by atoms with Crippen molar-refractivity contribution < 1.29 is 4.79 Å². The Kier molecular flexibility index (Phi) is 1.40. The molecule has 0 saturated heterocycles. The van der Waals surface area contributed by atoms with Gasteiger partial charge >= 0.3 is 0 Å². The van der Waals surface area contributed by atoms with Gasteiger partial charge in [-0.05, 0) is 19.4 Å². The fourth-order valence-electron chi connectivity index (χ4n) is 1.42. The summed E-state index contributed by atoms with van der Waals surface area (Å²) in [5, 5.41) is 0. The van der Waals surface area contributed by atoms with Crippen LogP contribution in [0.3, 0.4) is 0 Å². The molecular weight excluding hydrogens is 152 g/mol. The standard InChI is InChI=1S/C9H10N2O/c1-5-4-10-9-7(12)3-6(2)11-8(5)9/h4,10H,3H2,1-2H3. The predicted octanol–water partition coefficient (Wildman–Crippen LogP) is 2.00. The lowest BCUT2D eigenvalue weighted by molar-refractivity contribution is 0.0995. The van der Waals surface area contributed by atoms with E-state index in [-0.39, 0.29) is 5.78 Å². The molecule has 1 aliphatic rings. The zero-order valence-corrected chi connectivity index (χ0v) is 7.14. The van der Waals surface area contributed by atoms with E-state index in [1.165, 1.54) is 0 Å². The number of aromatic nitrogens is 1. The summed E-state index contributed by atoms with van der Waals surface area (Å²) in [6, 6.07) is 0. The third-order valence-corrected chi connectivity index (χ3v) is 2.04. The summed E-state index contributed by atoms with van der Waals surface area (Å²) in [5.74, 6) is 0.144. The van der Waals surface area contributed by atoms with Crippen molar-refractivity contribution in [3.63, 3.8) is 0 Å². The lowest BCUT2D eigenvalue weighted by atomic mass is 10.1. The monoisotopic (exact) mass is 162 g/mol. The van der Waals surface area contributed by atoms with Gasteiger partial charge in [0.25, 0.3) is 0 Å². The number of aryl methyl sites for hydroxylation is 1. The van der Waals surface area contributed by atoms with Crippen LogP contribution < -0.4 is 0 Å². The van der Waals surface area contributed by atoms with Crippen LogP contribution in [0.5, 0.6) is 0 Å². The number of fused-ring (bicyclic) bond motifs is 1. The van der Waals surface area contributed by atoms with Gasteiger partial charge in [0.15, 0.2) is 5.78 Å². The van der Waals surface area contributed by atoms with E-state index < -0.39 is 0 Å². The average Bonchev–Trinajstić information content (AvgIpc) is 2.33. The molecule has 1 aliphatic heterocycles. The Bertz CT molecular complexity index is 374. The van der Waals surface area contributed by atoms with E-state index in [1.54, 1.807) is 0 Å². The van der Waals surface area contributed by atoms with Gasteiger partial charge in [0.2, 0.25) is 0 Å². The maximum atomic E-state index is 11.4. The molecule has 0 amide bonds. The van der Waals surface area contributed by atoms with Crippen LogP contribution >= 0.6 is 0 Å². The van der Waals surface area contributed by atoms with Crippen molar-refractivity contribution in [3.8, 4) is 0 Å². The average molecular weight is 162 g/mol. The number of nitrogens with one attached hydrogen (secondary N) is 1. The quantitative estimate of drug-likeness (QED) is 0.623. The molecule has 0 atom stereocenters. The summed E-state index contributed by atoms with van der Waals surface area (Å²) in [4.78, 5) is 18.7. The van der Waals surface area contributed by atoms with E-state index in [0.29, 0.717) is 12.1 Å². The first-order valence-electron chi connectivity index (χ1n) is 3.94. The van der Waals surface area contributed by atoms with Crippen LogP contribution in [0.1, 0.15) is 29.4 Å². The number of ketones is 1. The Morgan fingerprint density at radius 2 is 2.25 bits per heavy atom. The number of hydrogen-bond donors (Lipinski definition) is 1. The molecular formula is C9H10N2O. The topological polar surface area (TPSA) is 45.2 Å². The minimum absolute atomic E-state index is 0.144. The van der Waals surface area contributed by atoms with Crippen molar-refractivity contribution in [1.82, 2.24) is 4.98 Å². The molecule has 0 spiro atoms. The van der Waals surface area contributed by atoms with Gasteiger partial charge in [-0.2, -0.15) is 0 Å². The second-order valence-electron chi connectivity index (χ2n) is 3.14. The number of H-pyrrole nitrogens is 1. The van der Waals surface area contributed by atoms with E-state index in [2.05, 4.69) is 9.98 Å². The van der Waals surface area contributed by atoms with E-state index >= 15 is 0 Å². The molecule has 3 heteroatoms. The van der Waals surface area contributed by atoms with E-state index in [9.17, 15) is 4.79 Å². The van der Waals surface area contributed by atoms with Crippen LogP contribution in [0, 0.1) is 6.92 Å². The number of hydrogen-bond acceptors (Lipinski definition) is 2. The third-order valence-electron chi connectivity index (χ3n) is 2.04. The lowest BCUT2D eigenvalue weighted by Crippen LogP contribution is -2.10. The molecule has 0 aromatic carbocycles. The van der Waals surface area contributed by atoms with Gasteiger partial charge in [-0.1, -0.05) is 0 Å². The number of aliphatic imine (C=N–C) groups is 1. The highest BCUT2D eigenvalue weighted by atomic mass is 16.1. The molecule has 0 fully saturated rings. The molecule has 1 N–H and O–H groups in total. The Balaban J connectivity index is 2.65. The Labute approximate surface area is 70.5 Å². The van der Waals surface area contributed by atoms with Crippen molar-refractivity contribution >= 4 is 17.2 Å². The number of nitrogens with zero attached hydrogens (tertiary/aromatic N) is 1. The van der Waals surface area contributed by atoms with Crippen LogP contribution in [-0.2, 0) is 0 Å². The smallest absolute Gasteiger partial charge is 0.186 e. The highest BCUT2D eigenvalue weighted by Crippen LogP contribution is 2.28. The molecule has 0 aliphatic carbocycles. The number of carbonyl (C=O) groups excluding carboxylic acids is 1.